The van der Waals surface area contributed by atoms with Gasteiger partial charge in [-0.2, -0.15) is 4.39 Å². The number of nitrogens with zero attached hydrogens (tertiary/aromatic N) is 1. The van der Waals surface area contributed by atoms with E-state index < -0.39 is 54.2 Å². The Bertz CT molecular complexity index is 1110. The molecular weight excluding hydrogens is 427 g/mol. The third-order valence-corrected chi connectivity index (χ3v) is 5.07. The summed E-state index contributed by atoms with van der Waals surface area (Å²) in [4.78, 5) is 13.9. The number of aliphatic hydroxyl groups is 1. The van der Waals surface area contributed by atoms with Crippen LogP contribution < -0.4 is 9.64 Å². The van der Waals surface area contributed by atoms with E-state index in [1.165, 1.54) is 53.4 Å². The predicted molar refractivity (Wildman–Crippen MR) is 108 cm³/mol. The molecule has 3 aromatic carbocycles. The van der Waals surface area contributed by atoms with Crippen LogP contribution in [0.2, 0.25) is 0 Å². The van der Waals surface area contributed by atoms with Gasteiger partial charge in [0, 0.05) is 5.69 Å². The molecule has 6 nitrogen and oxygen atoms in total. The minimum absolute atomic E-state index is 0.00525. The summed E-state index contributed by atoms with van der Waals surface area (Å²) in [6.45, 7) is -0.496. The van der Waals surface area contributed by atoms with Crippen LogP contribution in [0.15, 0.2) is 66.7 Å². The molecule has 0 bridgehead atoms. The third-order valence-electron chi connectivity index (χ3n) is 5.07. The molecule has 0 aliphatic carbocycles. The van der Waals surface area contributed by atoms with Gasteiger partial charge in [0.05, 0.1) is 0 Å². The Kier molecular flexibility index (Phi) is 5.91. The fourth-order valence-corrected chi connectivity index (χ4v) is 3.53. The van der Waals surface area contributed by atoms with Gasteiger partial charge in [-0.3, -0.25) is 4.90 Å². The normalized spacial score (nSPS) is 19.0. The van der Waals surface area contributed by atoms with Crippen molar-refractivity contribution in [2.24, 2.45) is 0 Å². The van der Waals surface area contributed by atoms with E-state index >= 15 is 0 Å². The highest BCUT2D eigenvalue weighted by Gasteiger charge is 2.47. The highest BCUT2D eigenvalue weighted by molar-refractivity contribution is 5.91. The zero-order valence-electron chi connectivity index (χ0n) is 16.5. The average molecular weight is 445 g/mol. The molecule has 1 heterocycles. The van der Waals surface area contributed by atoms with Crippen molar-refractivity contribution in [1.29, 1.82) is 0 Å². The molecule has 1 amide bonds. The van der Waals surface area contributed by atoms with Crippen LogP contribution in [-0.2, 0) is 4.74 Å². The molecule has 1 fully saturated rings. The van der Waals surface area contributed by atoms with Gasteiger partial charge in [-0.1, -0.05) is 18.2 Å². The number of anilines is 1. The maximum absolute atomic E-state index is 13.9. The number of amides is 1. The molecule has 1 aliphatic rings. The monoisotopic (exact) mass is 445 g/mol. The van der Waals surface area contributed by atoms with Gasteiger partial charge >= 0.3 is 6.09 Å². The van der Waals surface area contributed by atoms with Crippen LogP contribution in [0.1, 0.15) is 11.6 Å². The standard InChI is InChI=1S/C23H18F3NO5/c24-14-6-8-15(9-7-14)27-21(13-4-10-16(28)11-5-13)22(32-23(27)30)18(29)12-31-19-3-1-2-17(25)20(19)26/h1-11,18,21-22,28-29H,12H2. The third kappa shape index (κ3) is 4.19. The topological polar surface area (TPSA) is 79.2 Å². The summed E-state index contributed by atoms with van der Waals surface area (Å²) in [7, 11) is 0. The van der Waals surface area contributed by atoms with Crippen molar-refractivity contribution >= 4 is 11.8 Å². The SMILES string of the molecule is O=C1OC(C(O)COc2cccc(F)c2F)C(c2ccc(O)cc2)N1c1ccc(F)cc1. The molecule has 3 atom stereocenters. The van der Waals surface area contributed by atoms with Gasteiger partial charge in [0.15, 0.2) is 17.7 Å². The van der Waals surface area contributed by atoms with Crippen molar-refractivity contribution in [3.63, 3.8) is 0 Å². The Balaban J connectivity index is 1.63. The number of benzene rings is 3. The summed E-state index contributed by atoms with van der Waals surface area (Å²) in [6, 6.07) is 13.5. The molecule has 1 aliphatic heterocycles. The van der Waals surface area contributed by atoms with Gasteiger partial charge in [0.25, 0.3) is 0 Å². The smallest absolute Gasteiger partial charge is 0.415 e. The van der Waals surface area contributed by atoms with E-state index in [0.29, 0.717) is 11.3 Å². The minimum Gasteiger partial charge on any atom is -0.508 e. The van der Waals surface area contributed by atoms with Crippen LogP contribution in [0.3, 0.4) is 0 Å². The van der Waals surface area contributed by atoms with Crippen LogP contribution in [0.25, 0.3) is 0 Å². The van der Waals surface area contributed by atoms with Crippen LogP contribution in [0.4, 0.5) is 23.7 Å². The zero-order valence-corrected chi connectivity index (χ0v) is 16.5. The largest absolute Gasteiger partial charge is 0.508 e. The molecule has 3 aromatic rings. The first-order valence-corrected chi connectivity index (χ1v) is 9.64. The molecule has 0 saturated carbocycles. The average Bonchev–Trinajstić information content (AvgIpc) is 3.13. The number of cyclic esters (lactones) is 1. The lowest BCUT2D eigenvalue weighted by atomic mass is 9.96. The first-order chi connectivity index (χ1) is 15.3. The second kappa shape index (κ2) is 8.80. The lowest BCUT2D eigenvalue weighted by molar-refractivity contribution is -0.00724. The lowest BCUT2D eigenvalue weighted by Gasteiger charge is -2.27. The van der Waals surface area contributed by atoms with E-state index in [-0.39, 0.29) is 5.75 Å². The molecule has 3 unspecified atom stereocenters. The number of phenols is 1. The summed E-state index contributed by atoms with van der Waals surface area (Å²) in [5.41, 5.74) is 0.834. The number of rotatable bonds is 6. The van der Waals surface area contributed by atoms with E-state index in [2.05, 4.69) is 0 Å². The number of aliphatic hydroxyl groups excluding tert-OH is 1. The molecular formula is C23H18F3NO5. The molecule has 1 saturated heterocycles. The van der Waals surface area contributed by atoms with Gasteiger partial charge in [0.2, 0.25) is 5.82 Å². The summed E-state index contributed by atoms with van der Waals surface area (Å²) in [5, 5.41) is 20.3. The summed E-state index contributed by atoms with van der Waals surface area (Å²) < 4.78 is 51.3. The Morgan fingerprint density at radius 2 is 1.69 bits per heavy atom. The number of hydrogen-bond acceptors (Lipinski definition) is 5. The number of carbonyl (C=O) groups excluding carboxylic acids is 1. The van der Waals surface area contributed by atoms with E-state index in [1.807, 2.05) is 0 Å². The molecule has 0 spiro atoms. The van der Waals surface area contributed by atoms with Crippen LogP contribution >= 0.6 is 0 Å². The Morgan fingerprint density at radius 1 is 1.00 bits per heavy atom. The molecule has 0 aromatic heterocycles. The van der Waals surface area contributed by atoms with E-state index in [4.69, 9.17) is 9.47 Å². The van der Waals surface area contributed by atoms with Crippen LogP contribution in [0.5, 0.6) is 11.5 Å². The van der Waals surface area contributed by atoms with Gasteiger partial charge in [-0.25, -0.2) is 13.6 Å². The predicted octanol–water partition coefficient (Wildman–Crippen LogP) is 4.32. The molecule has 166 valence electrons. The first-order valence-electron chi connectivity index (χ1n) is 9.64. The lowest BCUT2D eigenvalue weighted by Crippen LogP contribution is -2.38. The van der Waals surface area contributed by atoms with Gasteiger partial charge in [-0.15, -0.1) is 0 Å². The first kappa shape index (κ1) is 21.5. The molecule has 2 N–H and O–H groups in total. The Labute approximate surface area is 181 Å². The maximum atomic E-state index is 13.9. The van der Waals surface area contributed by atoms with E-state index in [0.717, 1.165) is 6.07 Å². The van der Waals surface area contributed by atoms with Crippen LogP contribution in [0, 0.1) is 17.5 Å². The molecule has 0 radical (unpaired) electrons. The summed E-state index contributed by atoms with van der Waals surface area (Å²) >= 11 is 0. The fourth-order valence-electron chi connectivity index (χ4n) is 3.53. The number of aromatic hydroxyl groups is 1. The molecule has 9 heteroatoms. The minimum atomic E-state index is -1.43. The van der Waals surface area contributed by atoms with Gasteiger partial charge < -0.3 is 19.7 Å². The highest BCUT2D eigenvalue weighted by atomic mass is 19.2. The van der Waals surface area contributed by atoms with Crippen molar-refractivity contribution < 1.29 is 37.7 Å². The Hall–Kier alpha value is -3.72. The van der Waals surface area contributed by atoms with Crippen LogP contribution in [-0.4, -0.2) is 35.1 Å². The zero-order chi connectivity index (χ0) is 22.8. The fraction of sp³-hybridized carbons (Fsp3) is 0.174. The highest BCUT2D eigenvalue weighted by Crippen LogP contribution is 2.39. The van der Waals surface area contributed by atoms with Gasteiger partial charge in [-0.05, 0) is 54.1 Å². The molecule has 32 heavy (non-hydrogen) atoms. The van der Waals surface area contributed by atoms with Crippen molar-refractivity contribution in [2.45, 2.75) is 18.2 Å². The van der Waals surface area contributed by atoms with Crippen molar-refractivity contribution in [2.75, 3.05) is 11.5 Å². The second-order valence-corrected chi connectivity index (χ2v) is 7.16. The number of phenolic OH excluding ortho intramolecular Hbond substituents is 1. The van der Waals surface area contributed by atoms with Crippen molar-refractivity contribution in [3.8, 4) is 11.5 Å². The number of ether oxygens (including phenoxy) is 2. The molecule has 4 rings (SSSR count). The van der Waals surface area contributed by atoms with E-state index in [1.54, 1.807) is 12.1 Å². The Morgan fingerprint density at radius 3 is 2.38 bits per heavy atom. The summed E-state index contributed by atoms with van der Waals surface area (Å²) in [6.07, 6.45) is -3.38. The maximum Gasteiger partial charge on any atom is 0.415 e. The van der Waals surface area contributed by atoms with E-state index in [9.17, 15) is 28.2 Å². The summed E-state index contributed by atoms with van der Waals surface area (Å²) in [5.74, 6) is -3.20. The second-order valence-electron chi connectivity index (χ2n) is 7.16. The quantitative estimate of drug-likeness (QED) is 0.591. The van der Waals surface area contributed by atoms with Crippen molar-refractivity contribution in [1.82, 2.24) is 0 Å². The van der Waals surface area contributed by atoms with Gasteiger partial charge in [0.1, 0.15) is 30.3 Å². The number of hydrogen-bond donors (Lipinski definition) is 2. The number of carbonyl (C=O) groups is 1. The number of halogens is 3. The van der Waals surface area contributed by atoms with Crippen molar-refractivity contribution in [3.05, 3.63) is 89.7 Å².